The summed E-state index contributed by atoms with van der Waals surface area (Å²) in [6, 6.07) is 6.04. The van der Waals surface area contributed by atoms with Crippen LogP contribution in [-0.4, -0.2) is 50.2 Å². The average molecular weight is 371 g/mol. The minimum atomic E-state index is 0. The van der Waals surface area contributed by atoms with Gasteiger partial charge in [0, 0.05) is 24.7 Å². The van der Waals surface area contributed by atoms with Crippen LogP contribution in [0.5, 0.6) is 11.5 Å². The summed E-state index contributed by atoms with van der Waals surface area (Å²) in [5, 5.41) is 3.29. The molecular weight excluding hydrogens is 340 g/mol. The number of hydrogen-bond acceptors (Lipinski definition) is 4. The minimum Gasteiger partial charge on any atom is -0.490 e. The lowest BCUT2D eigenvalue weighted by Gasteiger charge is -2.32. The fraction of sp³-hybridized carbons (Fsp3) is 0.632. The number of likely N-dealkylation sites (tertiary alicyclic amines) is 1. The normalized spacial score (nSPS) is 14.8. The predicted octanol–water partition coefficient (Wildman–Crippen LogP) is 3.51. The molecule has 0 unspecified atom stereocenters. The maximum atomic E-state index is 12.8. The summed E-state index contributed by atoms with van der Waals surface area (Å²) in [4.78, 5) is 14.7. The van der Waals surface area contributed by atoms with E-state index in [1.54, 1.807) is 0 Å². The molecule has 0 spiro atoms. The van der Waals surface area contributed by atoms with Crippen molar-refractivity contribution >= 4 is 18.3 Å². The highest BCUT2D eigenvalue weighted by Crippen LogP contribution is 2.29. The summed E-state index contributed by atoms with van der Waals surface area (Å²) in [7, 11) is 1.98. The van der Waals surface area contributed by atoms with Crippen LogP contribution in [0.25, 0.3) is 0 Å². The number of ether oxygens (including phenoxy) is 2. The number of piperidine rings is 1. The maximum Gasteiger partial charge on any atom is 0.253 e. The van der Waals surface area contributed by atoms with Gasteiger partial charge in [0.25, 0.3) is 5.91 Å². The summed E-state index contributed by atoms with van der Waals surface area (Å²) in [5.74, 6) is 1.46. The van der Waals surface area contributed by atoms with Crippen LogP contribution < -0.4 is 14.8 Å². The second-order valence-corrected chi connectivity index (χ2v) is 6.21. The molecule has 1 aliphatic rings. The predicted molar refractivity (Wildman–Crippen MR) is 103 cm³/mol. The number of benzene rings is 1. The number of amides is 1. The molecule has 1 aromatic carbocycles. The topological polar surface area (TPSA) is 50.8 Å². The van der Waals surface area contributed by atoms with Crippen LogP contribution in [0.2, 0.25) is 0 Å². The highest BCUT2D eigenvalue weighted by Gasteiger charge is 2.23. The Morgan fingerprint density at radius 3 is 2.28 bits per heavy atom. The van der Waals surface area contributed by atoms with Crippen molar-refractivity contribution in [1.29, 1.82) is 0 Å². The van der Waals surface area contributed by atoms with E-state index in [9.17, 15) is 4.79 Å². The molecule has 1 saturated heterocycles. The first kappa shape index (κ1) is 21.6. The fourth-order valence-corrected chi connectivity index (χ4v) is 2.85. The Labute approximate surface area is 157 Å². The molecule has 1 aromatic rings. The zero-order valence-electron chi connectivity index (χ0n) is 15.5. The van der Waals surface area contributed by atoms with E-state index in [1.807, 2.05) is 30.1 Å². The summed E-state index contributed by atoms with van der Waals surface area (Å²) in [6.07, 6.45) is 3.86. The molecular formula is C19H31ClN2O3. The molecule has 1 heterocycles. The van der Waals surface area contributed by atoms with Crippen molar-refractivity contribution in [2.24, 2.45) is 0 Å². The fourth-order valence-electron chi connectivity index (χ4n) is 2.85. The highest BCUT2D eigenvalue weighted by molar-refractivity contribution is 5.95. The van der Waals surface area contributed by atoms with E-state index in [2.05, 4.69) is 19.2 Å². The van der Waals surface area contributed by atoms with E-state index in [-0.39, 0.29) is 18.3 Å². The van der Waals surface area contributed by atoms with Gasteiger partial charge in [-0.25, -0.2) is 0 Å². The van der Waals surface area contributed by atoms with Crippen LogP contribution in [-0.2, 0) is 0 Å². The van der Waals surface area contributed by atoms with Gasteiger partial charge in [0.2, 0.25) is 0 Å². The van der Waals surface area contributed by atoms with Crippen molar-refractivity contribution in [3.05, 3.63) is 23.8 Å². The largest absolute Gasteiger partial charge is 0.490 e. The SMILES string of the molecule is CCCOc1ccc(C(=O)N2CCC(NC)CC2)cc1OCCC.Cl. The van der Waals surface area contributed by atoms with Gasteiger partial charge in [-0.05, 0) is 50.9 Å². The van der Waals surface area contributed by atoms with Gasteiger partial charge in [-0.15, -0.1) is 12.4 Å². The second kappa shape index (κ2) is 11.2. The van der Waals surface area contributed by atoms with Gasteiger partial charge in [-0.2, -0.15) is 0 Å². The van der Waals surface area contributed by atoms with Crippen molar-refractivity contribution in [2.45, 2.75) is 45.6 Å². The van der Waals surface area contributed by atoms with Crippen molar-refractivity contribution in [1.82, 2.24) is 10.2 Å². The monoisotopic (exact) mass is 370 g/mol. The molecule has 0 bridgehead atoms. The van der Waals surface area contributed by atoms with Gasteiger partial charge in [-0.3, -0.25) is 4.79 Å². The number of carbonyl (C=O) groups excluding carboxylic acids is 1. The summed E-state index contributed by atoms with van der Waals surface area (Å²) in [5.41, 5.74) is 0.674. The Hall–Kier alpha value is -1.46. The Bertz CT molecular complexity index is 531. The Balaban J connectivity index is 0.00000312. The third-order valence-corrected chi connectivity index (χ3v) is 4.30. The van der Waals surface area contributed by atoms with E-state index in [0.29, 0.717) is 30.6 Å². The average Bonchev–Trinajstić information content (AvgIpc) is 2.64. The highest BCUT2D eigenvalue weighted by atomic mass is 35.5. The Kier molecular flexibility index (Phi) is 9.68. The molecule has 0 aromatic heterocycles. The summed E-state index contributed by atoms with van der Waals surface area (Å²) >= 11 is 0. The maximum absolute atomic E-state index is 12.8. The lowest BCUT2D eigenvalue weighted by Crippen LogP contribution is -2.43. The minimum absolute atomic E-state index is 0. The zero-order chi connectivity index (χ0) is 17.4. The van der Waals surface area contributed by atoms with E-state index in [0.717, 1.165) is 44.5 Å². The molecule has 1 N–H and O–H groups in total. The van der Waals surface area contributed by atoms with Gasteiger partial charge in [0.15, 0.2) is 11.5 Å². The quantitative estimate of drug-likeness (QED) is 0.760. The lowest BCUT2D eigenvalue weighted by atomic mass is 10.0. The number of rotatable bonds is 8. The van der Waals surface area contributed by atoms with E-state index < -0.39 is 0 Å². The number of hydrogen-bond donors (Lipinski definition) is 1. The molecule has 0 atom stereocenters. The van der Waals surface area contributed by atoms with Crippen LogP contribution in [0, 0.1) is 0 Å². The Morgan fingerprint density at radius 2 is 1.72 bits per heavy atom. The molecule has 5 nitrogen and oxygen atoms in total. The summed E-state index contributed by atoms with van der Waals surface area (Å²) < 4.78 is 11.5. The third kappa shape index (κ3) is 6.08. The second-order valence-electron chi connectivity index (χ2n) is 6.21. The molecule has 2 rings (SSSR count). The zero-order valence-corrected chi connectivity index (χ0v) is 16.4. The smallest absolute Gasteiger partial charge is 0.253 e. The van der Waals surface area contributed by atoms with Crippen LogP contribution in [0.3, 0.4) is 0 Å². The van der Waals surface area contributed by atoms with E-state index in [1.165, 1.54) is 0 Å². The first-order valence-electron chi connectivity index (χ1n) is 9.05. The van der Waals surface area contributed by atoms with Gasteiger partial charge in [0.05, 0.1) is 13.2 Å². The van der Waals surface area contributed by atoms with Gasteiger partial charge < -0.3 is 19.7 Å². The number of carbonyl (C=O) groups is 1. The van der Waals surface area contributed by atoms with Gasteiger partial charge in [0.1, 0.15) is 0 Å². The molecule has 1 amide bonds. The molecule has 1 aliphatic heterocycles. The molecule has 0 aliphatic carbocycles. The molecule has 25 heavy (non-hydrogen) atoms. The third-order valence-electron chi connectivity index (χ3n) is 4.30. The summed E-state index contributed by atoms with van der Waals surface area (Å²) in [6.45, 7) is 6.99. The first-order chi connectivity index (χ1) is 11.7. The molecule has 0 saturated carbocycles. The van der Waals surface area contributed by atoms with Crippen LogP contribution in [0.4, 0.5) is 0 Å². The Morgan fingerprint density at radius 1 is 1.12 bits per heavy atom. The number of halogens is 1. The standard InChI is InChI=1S/C19H30N2O3.ClH/c1-4-12-23-17-7-6-15(14-18(17)24-13-5-2)19(22)21-10-8-16(20-3)9-11-21;/h6-7,14,16,20H,4-5,8-13H2,1-3H3;1H. The van der Waals surface area contributed by atoms with Crippen LogP contribution in [0.1, 0.15) is 49.9 Å². The molecule has 1 fully saturated rings. The molecule has 142 valence electrons. The van der Waals surface area contributed by atoms with Crippen LogP contribution >= 0.6 is 12.4 Å². The first-order valence-corrected chi connectivity index (χ1v) is 9.05. The molecule has 6 heteroatoms. The van der Waals surface area contributed by atoms with Gasteiger partial charge >= 0.3 is 0 Å². The number of nitrogens with one attached hydrogen (secondary N) is 1. The van der Waals surface area contributed by atoms with Crippen LogP contribution in [0.15, 0.2) is 18.2 Å². The van der Waals surface area contributed by atoms with Crippen molar-refractivity contribution in [3.63, 3.8) is 0 Å². The van der Waals surface area contributed by atoms with E-state index in [4.69, 9.17) is 9.47 Å². The van der Waals surface area contributed by atoms with Crippen molar-refractivity contribution in [2.75, 3.05) is 33.4 Å². The molecule has 0 radical (unpaired) electrons. The van der Waals surface area contributed by atoms with E-state index >= 15 is 0 Å². The van der Waals surface area contributed by atoms with Crippen molar-refractivity contribution in [3.8, 4) is 11.5 Å². The van der Waals surface area contributed by atoms with Gasteiger partial charge in [-0.1, -0.05) is 13.8 Å². The number of nitrogens with zero attached hydrogens (tertiary/aromatic N) is 1. The van der Waals surface area contributed by atoms with Crippen molar-refractivity contribution < 1.29 is 14.3 Å². The lowest BCUT2D eigenvalue weighted by molar-refractivity contribution is 0.0706.